The first-order chi connectivity index (χ1) is 9.30. The average molecular weight is 262 g/mol. The maximum atomic E-state index is 8.60. The SMILES string of the molecule is CCOC(CCNc1ccc(CC#N)cc1)OCC. The normalized spacial score (nSPS) is 10.4. The van der Waals surface area contributed by atoms with E-state index in [1.807, 2.05) is 38.1 Å². The number of benzene rings is 1. The molecule has 1 N–H and O–H groups in total. The minimum absolute atomic E-state index is 0.139. The van der Waals surface area contributed by atoms with E-state index in [2.05, 4.69) is 11.4 Å². The molecule has 1 rings (SSSR count). The largest absolute Gasteiger partial charge is 0.385 e. The summed E-state index contributed by atoms with van der Waals surface area (Å²) in [5.41, 5.74) is 2.09. The number of nitriles is 1. The van der Waals surface area contributed by atoms with E-state index in [1.165, 1.54) is 0 Å². The number of anilines is 1. The van der Waals surface area contributed by atoms with Crippen molar-refractivity contribution in [2.24, 2.45) is 0 Å². The molecule has 1 aromatic rings. The molecule has 0 saturated heterocycles. The zero-order valence-electron chi connectivity index (χ0n) is 11.7. The molecule has 0 saturated carbocycles. The Labute approximate surface area is 115 Å². The molecule has 0 aliphatic heterocycles. The van der Waals surface area contributed by atoms with E-state index in [0.717, 1.165) is 24.2 Å². The van der Waals surface area contributed by atoms with Crippen LogP contribution in [0.1, 0.15) is 25.8 Å². The van der Waals surface area contributed by atoms with Crippen molar-refractivity contribution < 1.29 is 9.47 Å². The molecule has 1 aromatic carbocycles. The van der Waals surface area contributed by atoms with Gasteiger partial charge in [0.15, 0.2) is 6.29 Å². The lowest BCUT2D eigenvalue weighted by atomic mass is 10.1. The topological polar surface area (TPSA) is 54.3 Å². The van der Waals surface area contributed by atoms with Crippen LogP contribution in [0, 0.1) is 11.3 Å². The molecule has 4 nitrogen and oxygen atoms in total. The molecule has 0 bridgehead atoms. The summed E-state index contributed by atoms with van der Waals surface area (Å²) in [6.07, 6.45) is 1.12. The molecule has 104 valence electrons. The number of rotatable bonds is 9. The third-order valence-corrected chi connectivity index (χ3v) is 2.65. The second kappa shape index (κ2) is 9.37. The van der Waals surface area contributed by atoms with Gasteiger partial charge in [-0.1, -0.05) is 12.1 Å². The highest BCUT2D eigenvalue weighted by Crippen LogP contribution is 2.10. The summed E-state index contributed by atoms with van der Waals surface area (Å²) in [6, 6.07) is 10.0. The lowest BCUT2D eigenvalue weighted by molar-refractivity contribution is -0.137. The summed E-state index contributed by atoms with van der Waals surface area (Å²) < 4.78 is 10.9. The molecule has 0 unspecified atom stereocenters. The van der Waals surface area contributed by atoms with E-state index in [4.69, 9.17) is 14.7 Å². The van der Waals surface area contributed by atoms with Crippen LogP contribution in [0.15, 0.2) is 24.3 Å². The van der Waals surface area contributed by atoms with Gasteiger partial charge < -0.3 is 14.8 Å². The van der Waals surface area contributed by atoms with Crippen molar-refractivity contribution in [1.29, 1.82) is 5.26 Å². The molecule has 0 aliphatic rings. The molecule has 0 amide bonds. The quantitative estimate of drug-likeness (QED) is 0.695. The summed E-state index contributed by atoms with van der Waals surface area (Å²) >= 11 is 0. The van der Waals surface area contributed by atoms with Gasteiger partial charge in [0.1, 0.15) is 0 Å². The zero-order valence-corrected chi connectivity index (χ0v) is 11.7. The van der Waals surface area contributed by atoms with Gasteiger partial charge in [-0.25, -0.2) is 0 Å². The molecule has 0 atom stereocenters. The van der Waals surface area contributed by atoms with Gasteiger partial charge in [-0.3, -0.25) is 0 Å². The number of ether oxygens (including phenoxy) is 2. The third kappa shape index (κ3) is 6.23. The predicted molar refractivity (Wildman–Crippen MR) is 75.9 cm³/mol. The van der Waals surface area contributed by atoms with Gasteiger partial charge in [0.25, 0.3) is 0 Å². The van der Waals surface area contributed by atoms with Gasteiger partial charge in [0.2, 0.25) is 0 Å². The molecular formula is C15H22N2O2. The summed E-state index contributed by atoms with van der Waals surface area (Å²) in [7, 11) is 0. The fraction of sp³-hybridized carbons (Fsp3) is 0.533. The van der Waals surface area contributed by atoms with Crippen molar-refractivity contribution in [3.05, 3.63) is 29.8 Å². The van der Waals surface area contributed by atoms with Crippen LogP contribution in [0.2, 0.25) is 0 Å². The highest BCUT2D eigenvalue weighted by atomic mass is 16.7. The van der Waals surface area contributed by atoms with Crippen LogP contribution in [-0.4, -0.2) is 26.0 Å². The minimum Gasteiger partial charge on any atom is -0.385 e. The first-order valence-electron chi connectivity index (χ1n) is 6.73. The summed E-state index contributed by atoms with van der Waals surface area (Å²) in [4.78, 5) is 0. The Morgan fingerprint density at radius 1 is 1.16 bits per heavy atom. The second-order valence-corrected chi connectivity index (χ2v) is 4.09. The van der Waals surface area contributed by atoms with Crippen molar-refractivity contribution >= 4 is 5.69 Å². The van der Waals surface area contributed by atoms with Crippen molar-refractivity contribution in [2.45, 2.75) is 33.0 Å². The number of nitrogens with zero attached hydrogens (tertiary/aromatic N) is 1. The van der Waals surface area contributed by atoms with E-state index in [9.17, 15) is 0 Å². The van der Waals surface area contributed by atoms with Crippen molar-refractivity contribution in [2.75, 3.05) is 25.1 Å². The first-order valence-corrected chi connectivity index (χ1v) is 6.73. The predicted octanol–water partition coefficient (Wildman–Crippen LogP) is 2.95. The standard InChI is InChI=1S/C15H22N2O2/c1-3-18-15(19-4-2)10-12-17-14-7-5-13(6-8-14)9-11-16/h5-8,15,17H,3-4,9-10,12H2,1-2H3. The van der Waals surface area contributed by atoms with E-state index >= 15 is 0 Å². The monoisotopic (exact) mass is 262 g/mol. The minimum atomic E-state index is -0.139. The van der Waals surface area contributed by atoms with Gasteiger partial charge >= 0.3 is 0 Å². The third-order valence-electron chi connectivity index (χ3n) is 2.65. The summed E-state index contributed by atoms with van der Waals surface area (Å²) in [5, 5.41) is 11.9. The molecule has 0 fully saturated rings. The van der Waals surface area contributed by atoms with Crippen LogP contribution in [0.3, 0.4) is 0 Å². The van der Waals surface area contributed by atoms with Crippen LogP contribution in [0.5, 0.6) is 0 Å². The Bertz CT molecular complexity index is 378. The maximum absolute atomic E-state index is 8.60. The Hall–Kier alpha value is -1.57. The van der Waals surface area contributed by atoms with Crippen molar-refractivity contribution in [1.82, 2.24) is 0 Å². The van der Waals surface area contributed by atoms with Crippen molar-refractivity contribution in [3.8, 4) is 6.07 Å². The Morgan fingerprint density at radius 3 is 2.32 bits per heavy atom. The van der Waals surface area contributed by atoms with Crippen LogP contribution >= 0.6 is 0 Å². The molecule has 0 aromatic heterocycles. The van der Waals surface area contributed by atoms with Gasteiger partial charge in [-0.2, -0.15) is 5.26 Å². The lowest BCUT2D eigenvalue weighted by Crippen LogP contribution is -2.21. The molecular weight excluding hydrogens is 240 g/mol. The number of hydrogen-bond acceptors (Lipinski definition) is 4. The summed E-state index contributed by atoms with van der Waals surface area (Å²) in [6.45, 7) is 6.05. The summed E-state index contributed by atoms with van der Waals surface area (Å²) in [5.74, 6) is 0. The molecule has 0 spiro atoms. The molecule has 19 heavy (non-hydrogen) atoms. The highest BCUT2D eigenvalue weighted by Gasteiger charge is 2.06. The second-order valence-electron chi connectivity index (χ2n) is 4.09. The first kappa shape index (κ1) is 15.5. The van der Waals surface area contributed by atoms with E-state index in [1.54, 1.807) is 0 Å². The fourth-order valence-corrected chi connectivity index (χ4v) is 1.75. The Kier molecular flexibility index (Phi) is 7.64. The van der Waals surface area contributed by atoms with E-state index < -0.39 is 0 Å². The Morgan fingerprint density at radius 2 is 1.79 bits per heavy atom. The van der Waals surface area contributed by atoms with Crippen LogP contribution in [-0.2, 0) is 15.9 Å². The smallest absolute Gasteiger partial charge is 0.159 e. The van der Waals surface area contributed by atoms with Crippen LogP contribution in [0.4, 0.5) is 5.69 Å². The van der Waals surface area contributed by atoms with Gasteiger partial charge in [-0.15, -0.1) is 0 Å². The van der Waals surface area contributed by atoms with Crippen molar-refractivity contribution in [3.63, 3.8) is 0 Å². The van der Waals surface area contributed by atoms with Gasteiger partial charge in [0, 0.05) is 31.9 Å². The molecule has 0 aliphatic carbocycles. The van der Waals surface area contributed by atoms with Crippen LogP contribution in [0.25, 0.3) is 0 Å². The zero-order chi connectivity index (χ0) is 13.9. The number of hydrogen-bond donors (Lipinski definition) is 1. The van der Waals surface area contributed by atoms with E-state index in [0.29, 0.717) is 19.6 Å². The molecule has 4 heteroatoms. The molecule has 0 heterocycles. The van der Waals surface area contributed by atoms with Gasteiger partial charge in [-0.05, 0) is 31.5 Å². The van der Waals surface area contributed by atoms with Crippen LogP contribution < -0.4 is 5.32 Å². The Balaban J connectivity index is 2.33. The lowest BCUT2D eigenvalue weighted by Gasteiger charge is -2.17. The number of nitrogens with one attached hydrogen (secondary N) is 1. The maximum Gasteiger partial charge on any atom is 0.159 e. The van der Waals surface area contributed by atoms with Gasteiger partial charge in [0.05, 0.1) is 12.5 Å². The highest BCUT2D eigenvalue weighted by molar-refractivity contribution is 5.44. The molecule has 0 radical (unpaired) electrons. The van der Waals surface area contributed by atoms with E-state index in [-0.39, 0.29) is 6.29 Å². The average Bonchev–Trinajstić information content (AvgIpc) is 2.41. The fourth-order valence-electron chi connectivity index (χ4n) is 1.75.